The minimum atomic E-state index is 0.751. The van der Waals surface area contributed by atoms with E-state index in [1.54, 1.807) is 0 Å². The normalized spacial score (nSPS) is 11.2. The zero-order chi connectivity index (χ0) is 15.0. The quantitative estimate of drug-likeness (QED) is 0.704. The van der Waals surface area contributed by atoms with Gasteiger partial charge in [-0.1, -0.05) is 22.9 Å². The van der Waals surface area contributed by atoms with Crippen molar-refractivity contribution >= 4 is 32.7 Å². The number of hydrogen-bond acceptors (Lipinski definition) is 2. The van der Waals surface area contributed by atoms with Crippen molar-refractivity contribution in [3.05, 3.63) is 52.3 Å². The Bertz CT molecular complexity index is 785. The molecule has 0 atom stereocenters. The van der Waals surface area contributed by atoms with Gasteiger partial charge in [0, 0.05) is 22.3 Å². The van der Waals surface area contributed by atoms with Crippen LogP contribution in [0, 0.1) is 6.92 Å². The van der Waals surface area contributed by atoms with Crippen LogP contribution in [0.1, 0.15) is 24.7 Å². The van der Waals surface area contributed by atoms with Crippen LogP contribution in [0.5, 0.6) is 0 Å². The Labute approximate surface area is 132 Å². The van der Waals surface area contributed by atoms with Gasteiger partial charge in [-0.25, -0.2) is 4.98 Å². The topological polar surface area (TPSA) is 43.8 Å². The third-order valence-corrected chi connectivity index (χ3v) is 3.96. The van der Waals surface area contributed by atoms with Crippen molar-refractivity contribution in [2.75, 3.05) is 5.73 Å². The van der Waals surface area contributed by atoms with Gasteiger partial charge in [0.05, 0.1) is 11.0 Å². The highest BCUT2D eigenvalue weighted by atomic mass is 79.9. The molecule has 0 amide bonds. The number of fused-ring (bicyclic) bond motifs is 1. The minimum Gasteiger partial charge on any atom is -0.399 e. The van der Waals surface area contributed by atoms with E-state index < -0.39 is 0 Å². The predicted octanol–water partition coefficient (Wildman–Crippen LogP) is 4.63. The van der Waals surface area contributed by atoms with Gasteiger partial charge in [-0.15, -0.1) is 0 Å². The molecule has 0 bridgehead atoms. The number of halogens is 1. The Morgan fingerprint density at radius 2 is 2.00 bits per heavy atom. The van der Waals surface area contributed by atoms with E-state index in [-0.39, 0.29) is 0 Å². The maximum Gasteiger partial charge on any atom is 0.114 e. The van der Waals surface area contributed by atoms with Gasteiger partial charge in [-0.2, -0.15) is 0 Å². The third-order valence-electron chi connectivity index (χ3n) is 3.51. The molecule has 3 nitrogen and oxygen atoms in total. The van der Waals surface area contributed by atoms with Crippen LogP contribution >= 0.6 is 15.9 Å². The fourth-order valence-corrected chi connectivity index (χ4v) is 3.27. The molecule has 4 heteroatoms. The average Bonchev–Trinajstić information content (AvgIpc) is 2.75. The summed E-state index contributed by atoms with van der Waals surface area (Å²) in [6.07, 6.45) is 2.01. The second-order valence-corrected chi connectivity index (χ2v) is 6.26. The van der Waals surface area contributed by atoms with Gasteiger partial charge in [-0.3, -0.25) is 4.57 Å². The summed E-state index contributed by atoms with van der Waals surface area (Å²) >= 11 is 3.58. The van der Waals surface area contributed by atoms with Crippen molar-refractivity contribution in [3.63, 3.8) is 0 Å². The Hall–Kier alpha value is -1.81. The Balaban J connectivity index is 2.30. The van der Waals surface area contributed by atoms with Gasteiger partial charge < -0.3 is 5.73 Å². The summed E-state index contributed by atoms with van der Waals surface area (Å²) in [5.74, 6) is 1.08. The fraction of sp³-hybridized carbons (Fsp3) is 0.235. The van der Waals surface area contributed by atoms with Crippen LogP contribution in [0.2, 0.25) is 0 Å². The summed E-state index contributed by atoms with van der Waals surface area (Å²) in [6.45, 7) is 4.27. The van der Waals surface area contributed by atoms with Crippen molar-refractivity contribution in [2.24, 2.45) is 0 Å². The number of rotatable bonds is 3. The number of imidazole rings is 1. The van der Waals surface area contributed by atoms with Crippen LogP contribution in [-0.4, -0.2) is 9.55 Å². The van der Waals surface area contributed by atoms with Crippen molar-refractivity contribution in [1.29, 1.82) is 0 Å². The van der Waals surface area contributed by atoms with E-state index in [0.29, 0.717) is 0 Å². The van der Waals surface area contributed by atoms with E-state index in [9.17, 15) is 0 Å². The molecule has 1 aromatic heterocycles. The second kappa shape index (κ2) is 5.53. The SMILES string of the molecule is CCCc1nc2cc(N)ccc2n1-c1cc(C)cc(Br)c1. The monoisotopic (exact) mass is 343 g/mol. The number of benzene rings is 2. The Kier molecular flexibility index (Phi) is 3.72. The molecule has 0 aliphatic heterocycles. The molecule has 2 N–H and O–H groups in total. The Morgan fingerprint density at radius 3 is 2.71 bits per heavy atom. The minimum absolute atomic E-state index is 0.751. The fourth-order valence-electron chi connectivity index (χ4n) is 2.67. The van der Waals surface area contributed by atoms with Crippen molar-refractivity contribution in [3.8, 4) is 5.69 Å². The van der Waals surface area contributed by atoms with Crippen LogP contribution in [-0.2, 0) is 6.42 Å². The maximum atomic E-state index is 5.89. The summed E-state index contributed by atoms with van der Waals surface area (Å²) in [5.41, 5.74) is 11.1. The molecule has 0 unspecified atom stereocenters. The zero-order valence-corrected chi connectivity index (χ0v) is 13.8. The lowest BCUT2D eigenvalue weighted by molar-refractivity contribution is 0.818. The molecule has 0 saturated heterocycles. The van der Waals surface area contributed by atoms with E-state index in [4.69, 9.17) is 10.7 Å². The van der Waals surface area contributed by atoms with Crippen LogP contribution in [0.15, 0.2) is 40.9 Å². The van der Waals surface area contributed by atoms with Crippen LogP contribution in [0.25, 0.3) is 16.7 Å². The largest absolute Gasteiger partial charge is 0.399 e. The molecular formula is C17H18BrN3. The van der Waals surface area contributed by atoms with Crippen LogP contribution in [0.3, 0.4) is 0 Å². The first kappa shape index (κ1) is 14.1. The molecule has 0 spiro atoms. The molecule has 0 fully saturated rings. The molecular weight excluding hydrogens is 326 g/mol. The van der Waals surface area contributed by atoms with Crippen LogP contribution < -0.4 is 5.73 Å². The lowest BCUT2D eigenvalue weighted by atomic mass is 10.2. The number of hydrogen-bond donors (Lipinski definition) is 1. The van der Waals surface area contributed by atoms with E-state index >= 15 is 0 Å². The van der Waals surface area contributed by atoms with E-state index in [0.717, 1.165) is 45.5 Å². The lowest BCUT2D eigenvalue weighted by Gasteiger charge is -2.10. The molecule has 3 rings (SSSR count). The average molecular weight is 344 g/mol. The number of nitrogens with two attached hydrogens (primary N) is 1. The highest BCUT2D eigenvalue weighted by Crippen LogP contribution is 2.26. The maximum absolute atomic E-state index is 5.89. The predicted molar refractivity (Wildman–Crippen MR) is 91.9 cm³/mol. The number of nitrogen functional groups attached to an aromatic ring is 1. The van der Waals surface area contributed by atoms with E-state index in [2.05, 4.69) is 52.5 Å². The lowest BCUT2D eigenvalue weighted by Crippen LogP contribution is -2.01. The molecule has 0 saturated carbocycles. The summed E-state index contributed by atoms with van der Waals surface area (Å²) < 4.78 is 3.31. The molecule has 0 aliphatic carbocycles. The molecule has 108 valence electrons. The van der Waals surface area contributed by atoms with Crippen molar-refractivity contribution in [1.82, 2.24) is 9.55 Å². The standard InChI is InChI=1S/C17H18BrN3/c1-3-4-17-20-15-10-13(19)5-6-16(15)21(17)14-8-11(2)7-12(18)9-14/h5-10H,3-4,19H2,1-2H3. The van der Waals surface area contributed by atoms with Crippen molar-refractivity contribution < 1.29 is 0 Å². The molecule has 21 heavy (non-hydrogen) atoms. The molecule has 1 heterocycles. The second-order valence-electron chi connectivity index (χ2n) is 5.35. The van der Waals surface area contributed by atoms with Crippen molar-refractivity contribution in [2.45, 2.75) is 26.7 Å². The Morgan fingerprint density at radius 1 is 1.19 bits per heavy atom. The number of aryl methyl sites for hydroxylation is 2. The van der Waals surface area contributed by atoms with E-state index in [1.165, 1.54) is 5.56 Å². The van der Waals surface area contributed by atoms with Gasteiger partial charge >= 0.3 is 0 Å². The molecule has 0 radical (unpaired) electrons. The first-order chi connectivity index (χ1) is 10.1. The first-order valence-electron chi connectivity index (χ1n) is 7.13. The smallest absolute Gasteiger partial charge is 0.114 e. The molecule has 2 aromatic carbocycles. The highest BCUT2D eigenvalue weighted by Gasteiger charge is 2.12. The first-order valence-corrected chi connectivity index (χ1v) is 7.92. The van der Waals surface area contributed by atoms with Gasteiger partial charge in [0.2, 0.25) is 0 Å². The summed E-state index contributed by atoms with van der Waals surface area (Å²) in [4.78, 5) is 4.77. The van der Waals surface area contributed by atoms with Gasteiger partial charge in [0.15, 0.2) is 0 Å². The third kappa shape index (κ3) is 2.68. The molecule has 3 aromatic rings. The zero-order valence-electron chi connectivity index (χ0n) is 12.2. The summed E-state index contributed by atoms with van der Waals surface area (Å²) in [7, 11) is 0. The summed E-state index contributed by atoms with van der Waals surface area (Å²) in [5, 5.41) is 0. The van der Waals surface area contributed by atoms with Crippen LogP contribution in [0.4, 0.5) is 5.69 Å². The number of anilines is 1. The summed E-state index contributed by atoms with van der Waals surface area (Å²) in [6, 6.07) is 12.3. The number of nitrogens with zero attached hydrogens (tertiary/aromatic N) is 2. The van der Waals surface area contributed by atoms with Gasteiger partial charge in [0.25, 0.3) is 0 Å². The highest BCUT2D eigenvalue weighted by molar-refractivity contribution is 9.10. The molecule has 0 aliphatic rings. The number of aromatic nitrogens is 2. The van der Waals surface area contributed by atoms with Gasteiger partial charge in [-0.05, 0) is 55.3 Å². The van der Waals surface area contributed by atoms with E-state index in [1.807, 2.05) is 18.2 Å². The van der Waals surface area contributed by atoms with Gasteiger partial charge in [0.1, 0.15) is 5.82 Å².